The minimum absolute atomic E-state index is 0.0916. The summed E-state index contributed by atoms with van der Waals surface area (Å²) in [6.07, 6.45) is 1.50. The number of nitrogens with one attached hydrogen (secondary N) is 2. The summed E-state index contributed by atoms with van der Waals surface area (Å²) in [5.41, 5.74) is 3.44. The molecule has 1 atom stereocenters. The maximum atomic E-state index is 13.6. The predicted molar refractivity (Wildman–Crippen MR) is 137 cm³/mol. The van der Waals surface area contributed by atoms with Gasteiger partial charge in [0.2, 0.25) is 5.56 Å². The number of nitrogens with zero attached hydrogens (tertiary/aromatic N) is 3. The number of hydrogen-bond donors (Lipinski definition) is 3. The zero-order valence-corrected chi connectivity index (χ0v) is 20.3. The summed E-state index contributed by atoms with van der Waals surface area (Å²) in [6.45, 7) is 7.01. The molecule has 2 fully saturated rings. The minimum Gasteiger partial charge on any atom is -0.394 e. The quantitative estimate of drug-likeness (QED) is 0.473. The Morgan fingerprint density at radius 1 is 1.19 bits per heavy atom. The molecule has 3 N–H and O–H groups in total. The van der Waals surface area contributed by atoms with Gasteiger partial charge >= 0.3 is 0 Å². The zero-order valence-electron chi connectivity index (χ0n) is 20.3. The number of amides is 1. The number of morpholine rings is 2. The molecule has 5 rings (SSSR count). The third kappa shape index (κ3) is 5.41. The summed E-state index contributed by atoms with van der Waals surface area (Å²) in [6, 6.07) is 8.87. The standard InChI is InChI=1S/C26H31N5O5/c1-17-10-24(33)29-23-3-2-19(12-21(17)23)28-26(34)22-11-18(14-30-4-7-35-8-5-30)13-27-25(22)31-6-9-36-20(15-31)16-32/h2-3,10-13,20,32H,4-9,14-16H2,1H3,(H,28,34)(H,29,33). The van der Waals surface area contributed by atoms with Crippen molar-refractivity contribution in [3.63, 3.8) is 0 Å². The van der Waals surface area contributed by atoms with E-state index >= 15 is 0 Å². The number of anilines is 2. The smallest absolute Gasteiger partial charge is 0.259 e. The van der Waals surface area contributed by atoms with E-state index in [4.69, 9.17) is 14.5 Å². The Kier molecular flexibility index (Phi) is 7.28. The van der Waals surface area contributed by atoms with Crippen molar-refractivity contribution in [2.75, 3.05) is 62.8 Å². The minimum atomic E-state index is -0.324. The van der Waals surface area contributed by atoms with Crippen LogP contribution in [0.3, 0.4) is 0 Å². The highest BCUT2D eigenvalue weighted by Gasteiger charge is 2.26. The molecule has 0 saturated carbocycles. The molecule has 10 heteroatoms. The molecule has 4 heterocycles. The predicted octanol–water partition coefficient (Wildman–Crippen LogP) is 1.51. The molecule has 1 aromatic carbocycles. The number of aliphatic hydroxyl groups excluding tert-OH is 1. The van der Waals surface area contributed by atoms with Crippen LogP contribution in [-0.2, 0) is 16.0 Å². The molecule has 2 aliphatic rings. The number of aryl methyl sites for hydroxylation is 1. The third-order valence-electron chi connectivity index (χ3n) is 6.63. The van der Waals surface area contributed by atoms with Gasteiger partial charge in [0.15, 0.2) is 0 Å². The highest BCUT2D eigenvalue weighted by molar-refractivity contribution is 6.08. The number of pyridine rings is 2. The van der Waals surface area contributed by atoms with Crippen molar-refractivity contribution in [3.05, 3.63) is 63.6 Å². The molecular formula is C26H31N5O5. The van der Waals surface area contributed by atoms with Gasteiger partial charge in [0, 0.05) is 61.6 Å². The van der Waals surface area contributed by atoms with Gasteiger partial charge in [-0.1, -0.05) is 0 Å². The van der Waals surface area contributed by atoms with Crippen LogP contribution in [0.25, 0.3) is 10.9 Å². The number of rotatable bonds is 6. The second kappa shape index (κ2) is 10.8. The summed E-state index contributed by atoms with van der Waals surface area (Å²) in [7, 11) is 0. The summed E-state index contributed by atoms with van der Waals surface area (Å²) in [4.78, 5) is 37.2. The maximum absolute atomic E-state index is 13.6. The van der Waals surface area contributed by atoms with Gasteiger partial charge in [-0.15, -0.1) is 0 Å². The normalized spacial score (nSPS) is 18.9. The van der Waals surface area contributed by atoms with Crippen LogP contribution >= 0.6 is 0 Å². The first-order valence-electron chi connectivity index (χ1n) is 12.2. The van der Waals surface area contributed by atoms with E-state index in [2.05, 4.69) is 15.2 Å². The molecule has 36 heavy (non-hydrogen) atoms. The van der Waals surface area contributed by atoms with E-state index in [1.165, 1.54) is 0 Å². The molecule has 2 aliphatic heterocycles. The second-order valence-corrected chi connectivity index (χ2v) is 9.26. The van der Waals surface area contributed by atoms with Gasteiger partial charge in [0.1, 0.15) is 5.82 Å². The number of H-pyrrole nitrogens is 1. The van der Waals surface area contributed by atoms with Gasteiger partial charge in [-0.2, -0.15) is 0 Å². The summed E-state index contributed by atoms with van der Waals surface area (Å²) in [5, 5.41) is 13.5. The van der Waals surface area contributed by atoms with Gasteiger partial charge in [-0.25, -0.2) is 4.98 Å². The highest BCUT2D eigenvalue weighted by atomic mass is 16.5. The first kappa shape index (κ1) is 24.4. The molecule has 0 bridgehead atoms. The van der Waals surface area contributed by atoms with E-state index in [1.54, 1.807) is 18.2 Å². The van der Waals surface area contributed by atoms with E-state index < -0.39 is 0 Å². The number of aliphatic hydroxyl groups is 1. The monoisotopic (exact) mass is 493 g/mol. The number of aromatic amines is 1. The molecule has 0 aliphatic carbocycles. The van der Waals surface area contributed by atoms with Crippen LogP contribution in [0.15, 0.2) is 41.3 Å². The molecule has 1 unspecified atom stereocenters. The molecule has 10 nitrogen and oxygen atoms in total. The fourth-order valence-electron chi connectivity index (χ4n) is 4.74. The van der Waals surface area contributed by atoms with Crippen molar-refractivity contribution in [1.82, 2.24) is 14.9 Å². The average Bonchev–Trinajstić information content (AvgIpc) is 2.89. The summed E-state index contributed by atoms with van der Waals surface area (Å²) >= 11 is 0. The molecule has 190 valence electrons. The molecule has 2 saturated heterocycles. The maximum Gasteiger partial charge on any atom is 0.259 e. The number of benzene rings is 1. The lowest BCUT2D eigenvalue weighted by molar-refractivity contribution is 0.00332. The molecule has 3 aromatic rings. The third-order valence-corrected chi connectivity index (χ3v) is 6.63. The Labute approximate surface area is 208 Å². The van der Waals surface area contributed by atoms with Crippen molar-refractivity contribution in [3.8, 4) is 0 Å². The Balaban J connectivity index is 1.45. The van der Waals surface area contributed by atoms with Gasteiger partial charge in [0.25, 0.3) is 5.91 Å². The van der Waals surface area contributed by atoms with Crippen LogP contribution in [0.5, 0.6) is 0 Å². The van der Waals surface area contributed by atoms with Crippen molar-refractivity contribution < 1.29 is 19.4 Å². The van der Waals surface area contributed by atoms with Gasteiger partial charge in [0.05, 0.1) is 38.1 Å². The molecular weight excluding hydrogens is 462 g/mol. The summed E-state index contributed by atoms with van der Waals surface area (Å²) < 4.78 is 11.0. The highest BCUT2D eigenvalue weighted by Crippen LogP contribution is 2.25. The van der Waals surface area contributed by atoms with Crippen LogP contribution < -0.4 is 15.8 Å². The lowest BCUT2D eigenvalue weighted by Gasteiger charge is -2.34. The molecule has 2 aromatic heterocycles. The first-order valence-corrected chi connectivity index (χ1v) is 12.2. The number of fused-ring (bicyclic) bond motifs is 1. The van der Waals surface area contributed by atoms with Crippen LogP contribution in [0, 0.1) is 6.92 Å². The van der Waals surface area contributed by atoms with E-state index in [-0.39, 0.29) is 24.2 Å². The van der Waals surface area contributed by atoms with Gasteiger partial charge in [-0.05, 0) is 42.3 Å². The Morgan fingerprint density at radius 2 is 2.03 bits per heavy atom. The van der Waals surface area contributed by atoms with E-state index in [1.807, 2.05) is 30.2 Å². The van der Waals surface area contributed by atoms with Crippen LogP contribution in [0.2, 0.25) is 0 Å². The number of carbonyl (C=O) groups is 1. The second-order valence-electron chi connectivity index (χ2n) is 9.26. The van der Waals surface area contributed by atoms with E-state index in [9.17, 15) is 14.7 Å². The molecule has 0 radical (unpaired) electrons. The van der Waals surface area contributed by atoms with Crippen LogP contribution in [-0.4, -0.2) is 84.6 Å². The Bertz CT molecular complexity index is 1300. The van der Waals surface area contributed by atoms with Crippen molar-refractivity contribution in [2.45, 2.75) is 19.6 Å². The van der Waals surface area contributed by atoms with Crippen molar-refractivity contribution in [1.29, 1.82) is 0 Å². The zero-order chi connectivity index (χ0) is 25.1. The Hall–Kier alpha value is -3.31. The first-order chi connectivity index (χ1) is 17.5. The largest absolute Gasteiger partial charge is 0.394 e. The summed E-state index contributed by atoms with van der Waals surface area (Å²) in [5.74, 6) is 0.302. The average molecular weight is 494 g/mol. The van der Waals surface area contributed by atoms with Crippen LogP contribution in [0.1, 0.15) is 21.5 Å². The Morgan fingerprint density at radius 3 is 2.83 bits per heavy atom. The topological polar surface area (TPSA) is 120 Å². The lowest BCUT2D eigenvalue weighted by Crippen LogP contribution is -2.45. The number of hydrogen-bond acceptors (Lipinski definition) is 8. The van der Waals surface area contributed by atoms with Crippen molar-refractivity contribution >= 4 is 28.3 Å². The van der Waals surface area contributed by atoms with Crippen molar-refractivity contribution in [2.24, 2.45) is 0 Å². The number of ether oxygens (including phenoxy) is 2. The van der Waals surface area contributed by atoms with E-state index in [0.717, 1.165) is 35.1 Å². The van der Waals surface area contributed by atoms with Gasteiger partial charge < -0.3 is 29.8 Å². The molecule has 0 spiro atoms. The van der Waals surface area contributed by atoms with Crippen LogP contribution in [0.4, 0.5) is 11.5 Å². The molecule has 1 amide bonds. The fraction of sp³-hybridized carbons (Fsp3) is 0.423. The SMILES string of the molecule is Cc1cc(=O)[nH]c2ccc(NC(=O)c3cc(CN4CCOCC4)cnc3N3CCOC(CO)C3)cc12. The lowest BCUT2D eigenvalue weighted by atomic mass is 10.1. The fourth-order valence-corrected chi connectivity index (χ4v) is 4.74. The van der Waals surface area contributed by atoms with Gasteiger partial charge in [-0.3, -0.25) is 14.5 Å². The number of aromatic nitrogens is 2. The van der Waals surface area contributed by atoms with E-state index in [0.29, 0.717) is 56.5 Å². The number of carbonyl (C=O) groups excluding carboxylic acids is 1.